The molecule has 1 fully saturated rings. The fraction of sp³-hybridized carbons (Fsp3) is 0.571. The molecule has 0 bridgehead atoms. The Balaban J connectivity index is 2.04. The SMILES string of the molecule is CCN1CCCC(n2c(CCl)nc3cc(Br)cnc32)C1. The van der Waals surface area contributed by atoms with Crippen molar-refractivity contribution in [2.24, 2.45) is 0 Å². The number of likely N-dealkylation sites (N-methyl/N-ethyl adjacent to an activating group) is 1. The number of nitrogens with zero attached hydrogens (tertiary/aromatic N) is 4. The highest BCUT2D eigenvalue weighted by atomic mass is 79.9. The predicted octanol–water partition coefficient (Wildman–Crippen LogP) is 3.59. The maximum atomic E-state index is 6.10. The molecule has 1 atom stereocenters. The molecule has 20 heavy (non-hydrogen) atoms. The third kappa shape index (κ3) is 2.59. The van der Waals surface area contributed by atoms with Crippen LogP contribution in [0.3, 0.4) is 0 Å². The Bertz CT molecular complexity index is 612. The first kappa shape index (κ1) is 14.3. The van der Waals surface area contributed by atoms with E-state index in [9.17, 15) is 0 Å². The van der Waals surface area contributed by atoms with Crippen LogP contribution in [0.25, 0.3) is 11.2 Å². The van der Waals surface area contributed by atoms with E-state index in [2.05, 4.69) is 42.3 Å². The van der Waals surface area contributed by atoms with Gasteiger partial charge in [0.2, 0.25) is 0 Å². The molecule has 2 aromatic rings. The molecule has 2 aromatic heterocycles. The molecule has 1 aliphatic heterocycles. The van der Waals surface area contributed by atoms with Gasteiger partial charge in [0.15, 0.2) is 5.65 Å². The van der Waals surface area contributed by atoms with Crippen LogP contribution in [-0.2, 0) is 5.88 Å². The highest BCUT2D eigenvalue weighted by Gasteiger charge is 2.24. The van der Waals surface area contributed by atoms with E-state index in [1.807, 2.05) is 12.3 Å². The number of hydrogen-bond acceptors (Lipinski definition) is 3. The minimum atomic E-state index is 0.427. The lowest BCUT2D eigenvalue weighted by Gasteiger charge is -2.33. The fourth-order valence-corrected chi connectivity index (χ4v) is 3.52. The van der Waals surface area contributed by atoms with E-state index >= 15 is 0 Å². The summed E-state index contributed by atoms with van der Waals surface area (Å²) in [6, 6.07) is 2.44. The second-order valence-corrected chi connectivity index (χ2v) is 6.40. The largest absolute Gasteiger partial charge is 0.307 e. The van der Waals surface area contributed by atoms with Crippen LogP contribution < -0.4 is 0 Å². The number of rotatable bonds is 3. The van der Waals surface area contributed by atoms with E-state index in [1.54, 1.807) is 0 Å². The van der Waals surface area contributed by atoms with Crippen molar-refractivity contribution in [1.29, 1.82) is 0 Å². The predicted molar refractivity (Wildman–Crippen MR) is 85.2 cm³/mol. The Morgan fingerprint density at radius 2 is 2.35 bits per heavy atom. The highest BCUT2D eigenvalue weighted by molar-refractivity contribution is 9.10. The molecule has 0 saturated carbocycles. The summed E-state index contributed by atoms with van der Waals surface area (Å²) in [5.41, 5.74) is 1.87. The lowest BCUT2D eigenvalue weighted by Crippen LogP contribution is -2.36. The van der Waals surface area contributed by atoms with E-state index in [1.165, 1.54) is 19.4 Å². The minimum Gasteiger partial charge on any atom is -0.307 e. The molecule has 6 heteroatoms. The molecule has 1 saturated heterocycles. The number of hydrogen-bond donors (Lipinski definition) is 0. The summed E-state index contributed by atoms with van der Waals surface area (Å²) < 4.78 is 3.20. The third-order valence-corrected chi connectivity index (χ3v) is 4.65. The van der Waals surface area contributed by atoms with Crippen molar-refractivity contribution < 1.29 is 0 Å². The molecule has 0 amide bonds. The average Bonchev–Trinajstić information content (AvgIpc) is 2.84. The second-order valence-electron chi connectivity index (χ2n) is 5.22. The molecule has 0 radical (unpaired) electrons. The molecule has 0 aliphatic carbocycles. The van der Waals surface area contributed by atoms with Crippen molar-refractivity contribution >= 4 is 38.7 Å². The molecular formula is C14H18BrClN4. The van der Waals surface area contributed by atoms with Crippen LogP contribution in [0, 0.1) is 0 Å². The van der Waals surface area contributed by atoms with Crippen LogP contribution in [0.2, 0.25) is 0 Å². The minimum absolute atomic E-state index is 0.427. The normalized spacial score (nSPS) is 20.6. The molecule has 0 spiro atoms. The lowest BCUT2D eigenvalue weighted by atomic mass is 10.1. The van der Waals surface area contributed by atoms with Gasteiger partial charge >= 0.3 is 0 Å². The first-order valence-corrected chi connectivity index (χ1v) is 8.36. The third-order valence-electron chi connectivity index (χ3n) is 3.98. The van der Waals surface area contributed by atoms with E-state index in [0.29, 0.717) is 11.9 Å². The molecule has 108 valence electrons. The summed E-state index contributed by atoms with van der Waals surface area (Å²) in [5, 5.41) is 0. The van der Waals surface area contributed by atoms with Gasteiger partial charge in [0.25, 0.3) is 0 Å². The molecular weight excluding hydrogens is 340 g/mol. The van der Waals surface area contributed by atoms with Gasteiger partial charge in [-0.2, -0.15) is 0 Å². The Morgan fingerprint density at radius 3 is 3.10 bits per heavy atom. The molecule has 3 heterocycles. The summed E-state index contributed by atoms with van der Waals surface area (Å²) in [7, 11) is 0. The summed E-state index contributed by atoms with van der Waals surface area (Å²) in [5.74, 6) is 1.35. The maximum Gasteiger partial charge on any atom is 0.160 e. The molecule has 0 N–H and O–H groups in total. The Labute approximate surface area is 132 Å². The van der Waals surface area contributed by atoms with Crippen LogP contribution >= 0.6 is 27.5 Å². The van der Waals surface area contributed by atoms with E-state index in [0.717, 1.165) is 34.6 Å². The lowest BCUT2D eigenvalue weighted by molar-refractivity contribution is 0.185. The van der Waals surface area contributed by atoms with Crippen molar-refractivity contribution in [1.82, 2.24) is 19.4 Å². The first-order valence-electron chi connectivity index (χ1n) is 7.03. The van der Waals surface area contributed by atoms with Crippen LogP contribution in [0.15, 0.2) is 16.7 Å². The maximum absolute atomic E-state index is 6.10. The molecule has 1 aliphatic rings. The fourth-order valence-electron chi connectivity index (χ4n) is 3.01. The van der Waals surface area contributed by atoms with Gasteiger partial charge in [0.1, 0.15) is 11.3 Å². The molecule has 1 unspecified atom stereocenters. The summed E-state index contributed by atoms with van der Waals surface area (Å²) in [4.78, 5) is 11.7. The zero-order valence-corrected chi connectivity index (χ0v) is 13.9. The van der Waals surface area contributed by atoms with E-state index < -0.39 is 0 Å². The second kappa shape index (κ2) is 6.00. The number of pyridine rings is 1. The average molecular weight is 358 g/mol. The van der Waals surface area contributed by atoms with Crippen molar-refractivity contribution in [3.05, 3.63) is 22.6 Å². The Kier molecular flexibility index (Phi) is 4.29. The number of halogens is 2. The standard InChI is InChI=1S/C14H18BrClN4/c1-2-19-5-3-4-11(9-19)20-13(7-16)18-12-6-10(15)8-17-14(12)20/h6,8,11H,2-5,7,9H2,1H3. The number of aromatic nitrogens is 3. The number of piperidine rings is 1. The Hall–Kier alpha value is -0.650. The summed E-state index contributed by atoms with van der Waals surface area (Å²) >= 11 is 9.55. The van der Waals surface area contributed by atoms with Crippen LogP contribution in [0.5, 0.6) is 0 Å². The van der Waals surface area contributed by atoms with E-state index in [-0.39, 0.29) is 0 Å². The topological polar surface area (TPSA) is 34.0 Å². The van der Waals surface area contributed by atoms with Gasteiger partial charge in [-0.3, -0.25) is 0 Å². The van der Waals surface area contributed by atoms with Crippen molar-refractivity contribution in [3.63, 3.8) is 0 Å². The van der Waals surface area contributed by atoms with Crippen molar-refractivity contribution in [2.75, 3.05) is 19.6 Å². The van der Waals surface area contributed by atoms with Gasteiger partial charge in [-0.25, -0.2) is 9.97 Å². The van der Waals surface area contributed by atoms with Gasteiger partial charge in [-0.1, -0.05) is 6.92 Å². The molecule has 0 aromatic carbocycles. The van der Waals surface area contributed by atoms with E-state index in [4.69, 9.17) is 11.6 Å². The van der Waals surface area contributed by atoms with Gasteiger partial charge in [-0.05, 0) is 47.9 Å². The monoisotopic (exact) mass is 356 g/mol. The summed E-state index contributed by atoms with van der Waals surface area (Å²) in [6.45, 7) is 5.56. The van der Waals surface area contributed by atoms with Crippen LogP contribution in [-0.4, -0.2) is 39.1 Å². The zero-order valence-electron chi connectivity index (χ0n) is 11.5. The number of fused-ring (bicyclic) bond motifs is 1. The van der Waals surface area contributed by atoms with Gasteiger partial charge in [0, 0.05) is 23.3 Å². The summed E-state index contributed by atoms with van der Waals surface area (Å²) in [6.07, 6.45) is 4.22. The van der Waals surface area contributed by atoms with Crippen LogP contribution in [0.4, 0.5) is 0 Å². The van der Waals surface area contributed by atoms with Gasteiger partial charge < -0.3 is 9.47 Å². The van der Waals surface area contributed by atoms with Gasteiger partial charge in [0.05, 0.1) is 5.88 Å². The molecule has 4 nitrogen and oxygen atoms in total. The van der Waals surface area contributed by atoms with Gasteiger partial charge in [-0.15, -0.1) is 11.6 Å². The first-order chi connectivity index (χ1) is 9.72. The number of imidazole rings is 1. The smallest absolute Gasteiger partial charge is 0.160 e. The number of alkyl halides is 1. The number of likely N-dealkylation sites (tertiary alicyclic amines) is 1. The zero-order chi connectivity index (χ0) is 14.1. The Morgan fingerprint density at radius 1 is 1.50 bits per heavy atom. The van der Waals surface area contributed by atoms with Crippen LogP contribution in [0.1, 0.15) is 31.6 Å². The molecule has 3 rings (SSSR count). The van der Waals surface area contributed by atoms with Crippen molar-refractivity contribution in [2.45, 2.75) is 31.7 Å². The quantitative estimate of drug-likeness (QED) is 0.787. The highest BCUT2D eigenvalue weighted by Crippen LogP contribution is 2.28. The van der Waals surface area contributed by atoms with Crippen molar-refractivity contribution in [3.8, 4) is 0 Å².